The second-order valence-electron chi connectivity index (χ2n) is 13.8. The number of hydrogen-bond donors (Lipinski definition) is 3. The maximum Gasteiger partial charge on any atom is 0.137 e. The van der Waals surface area contributed by atoms with Gasteiger partial charge in [-0.3, -0.25) is 0 Å². The first-order valence-corrected chi connectivity index (χ1v) is 18.6. The predicted molar refractivity (Wildman–Crippen MR) is 230 cm³/mol. The molecular formula is C48H36N6O3. The van der Waals surface area contributed by atoms with E-state index in [0.29, 0.717) is 0 Å². The fraction of sp³-hybridized carbons (Fsp3) is 0.0625. The number of H-pyrrole nitrogens is 3. The summed E-state index contributed by atoms with van der Waals surface area (Å²) in [4.78, 5) is 26.6. The second-order valence-corrected chi connectivity index (χ2v) is 13.8. The molecule has 276 valence electrons. The molecule has 0 aliphatic carbocycles. The van der Waals surface area contributed by atoms with Crippen molar-refractivity contribution in [3.05, 3.63) is 144 Å². The SMILES string of the molecule is COc1ccc(-c2c3nc(c(-c4ccc(OC)cc4)c4ccc([nH]4)c(-c4cc5cccnc5[nH]4)c4nc(c(-c5ccc(OC)cc5)c5ccc2[nH]5)C=C4)C=C3)cc1. The standard InChI is InChI=1S/C48H36N6O3/c1-55-32-12-6-28(7-13-32)44-35-18-20-37(50-35)45(29-8-14-33(56-2)15-9-29)39-22-24-41(52-39)47(43-27-31-5-4-26-49-48(31)54-43)42-25-23-40(53-42)46(38-21-19-36(44)51-38)30-10-16-34(57-3)17-11-30/h4-27,50,53H,1-3H3,(H,49,54). The van der Waals surface area contributed by atoms with E-state index in [1.807, 2.05) is 42.5 Å². The van der Waals surface area contributed by atoms with Crippen LogP contribution < -0.4 is 14.2 Å². The van der Waals surface area contributed by atoms with Gasteiger partial charge in [0, 0.05) is 50.4 Å². The Bertz CT molecular complexity index is 2980. The first-order valence-electron chi connectivity index (χ1n) is 18.6. The van der Waals surface area contributed by atoms with Gasteiger partial charge in [-0.2, -0.15) is 0 Å². The van der Waals surface area contributed by atoms with E-state index in [9.17, 15) is 0 Å². The maximum atomic E-state index is 5.54. The first-order chi connectivity index (χ1) is 28.1. The Morgan fingerprint density at radius 1 is 0.421 bits per heavy atom. The molecule has 0 unspecified atom stereocenters. The smallest absolute Gasteiger partial charge is 0.137 e. The van der Waals surface area contributed by atoms with Crippen molar-refractivity contribution < 1.29 is 14.2 Å². The van der Waals surface area contributed by atoms with Gasteiger partial charge in [0.15, 0.2) is 0 Å². The van der Waals surface area contributed by atoms with Crippen molar-refractivity contribution in [2.24, 2.45) is 0 Å². The van der Waals surface area contributed by atoms with Crippen LogP contribution in [0.15, 0.2) is 121 Å². The molecule has 5 aromatic heterocycles. The van der Waals surface area contributed by atoms with E-state index in [1.54, 1.807) is 27.5 Å². The van der Waals surface area contributed by atoms with Gasteiger partial charge in [-0.05, 0) is 120 Å². The number of ether oxygens (including phenoxy) is 3. The minimum absolute atomic E-state index is 0.778. The third kappa shape index (κ3) is 6.02. The first kappa shape index (κ1) is 33.9. The second kappa shape index (κ2) is 13.9. The lowest BCUT2D eigenvalue weighted by Crippen LogP contribution is -1.90. The maximum absolute atomic E-state index is 5.54. The van der Waals surface area contributed by atoms with Gasteiger partial charge in [0.25, 0.3) is 0 Å². The molecule has 0 radical (unpaired) electrons. The molecule has 0 spiro atoms. The molecule has 0 saturated carbocycles. The third-order valence-electron chi connectivity index (χ3n) is 10.6. The number of aromatic nitrogens is 6. The van der Waals surface area contributed by atoms with Crippen LogP contribution in [-0.4, -0.2) is 51.2 Å². The Hall–Kier alpha value is -7.65. The van der Waals surface area contributed by atoms with Gasteiger partial charge in [0.1, 0.15) is 22.9 Å². The number of hydrogen-bond acceptors (Lipinski definition) is 6. The van der Waals surface area contributed by atoms with E-state index in [2.05, 4.69) is 117 Å². The summed E-state index contributed by atoms with van der Waals surface area (Å²) in [5.74, 6) is 2.34. The van der Waals surface area contributed by atoms with E-state index < -0.39 is 0 Å². The van der Waals surface area contributed by atoms with E-state index >= 15 is 0 Å². The van der Waals surface area contributed by atoms with Crippen LogP contribution in [0.1, 0.15) is 22.8 Å². The Morgan fingerprint density at radius 3 is 1.19 bits per heavy atom. The molecule has 0 fully saturated rings. The fourth-order valence-corrected chi connectivity index (χ4v) is 7.77. The summed E-state index contributed by atoms with van der Waals surface area (Å²) < 4.78 is 16.6. The zero-order valence-electron chi connectivity index (χ0n) is 31.4. The Balaban J connectivity index is 1.36. The fourth-order valence-electron chi connectivity index (χ4n) is 7.77. The molecular weight excluding hydrogens is 709 g/mol. The molecule has 0 amide bonds. The van der Waals surface area contributed by atoms with E-state index in [0.717, 1.165) is 118 Å². The molecule has 3 N–H and O–H groups in total. The van der Waals surface area contributed by atoms with E-state index in [1.165, 1.54) is 0 Å². The van der Waals surface area contributed by atoms with E-state index in [-0.39, 0.29) is 0 Å². The van der Waals surface area contributed by atoms with Crippen molar-refractivity contribution in [1.29, 1.82) is 0 Å². The highest BCUT2D eigenvalue weighted by atomic mass is 16.5. The summed E-state index contributed by atoms with van der Waals surface area (Å²) in [6.45, 7) is 0. The molecule has 0 saturated heterocycles. The normalized spacial score (nSPS) is 12.0. The van der Waals surface area contributed by atoms with Crippen LogP contribution in [-0.2, 0) is 0 Å². The van der Waals surface area contributed by atoms with Crippen molar-refractivity contribution >= 4 is 57.4 Å². The minimum atomic E-state index is 0.778. The topological polar surface area (TPSA) is 114 Å². The summed E-state index contributed by atoms with van der Waals surface area (Å²) in [5.41, 5.74) is 15.4. The summed E-state index contributed by atoms with van der Waals surface area (Å²) in [6, 6.07) is 38.9. The summed E-state index contributed by atoms with van der Waals surface area (Å²) in [5, 5.41) is 1.01. The number of nitrogens with zero attached hydrogens (tertiary/aromatic N) is 3. The summed E-state index contributed by atoms with van der Waals surface area (Å²) >= 11 is 0. The van der Waals surface area contributed by atoms with Crippen molar-refractivity contribution in [3.8, 4) is 61.9 Å². The van der Waals surface area contributed by atoms with Crippen molar-refractivity contribution in [2.45, 2.75) is 0 Å². The lowest BCUT2D eigenvalue weighted by molar-refractivity contribution is 0.415. The predicted octanol–water partition coefficient (Wildman–Crippen LogP) is 11.2. The zero-order chi connectivity index (χ0) is 38.5. The summed E-state index contributed by atoms with van der Waals surface area (Å²) in [7, 11) is 5.03. The highest BCUT2D eigenvalue weighted by Crippen LogP contribution is 2.39. The van der Waals surface area contributed by atoms with Crippen LogP contribution in [0, 0.1) is 0 Å². The van der Waals surface area contributed by atoms with E-state index in [4.69, 9.17) is 24.2 Å². The zero-order valence-corrected chi connectivity index (χ0v) is 31.4. The van der Waals surface area contributed by atoms with Gasteiger partial charge in [-0.1, -0.05) is 36.4 Å². The number of nitrogens with one attached hydrogen (secondary N) is 3. The highest BCUT2D eigenvalue weighted by Gasteiger charge is 2.20. The Labute approximate surface area is 328 Å². The van der Waals surface area contributed by atoms with Crippen LogP contribution in [0.4, 0.5) is 0 Å². The number of aromatic amines is 3. The van der Waals surface area contributed by atoms with Gasteiger partial charge < -0.3 is 29.2 Å². The van der Waals surface area contributed by atoms with Crippen molar-refractivity contribution in [3.63, 3.8) is 0 Å². The molecule has 9 nitrogen and oxygen atoms in total. The lowest BCUT2D eigenvalue weighted by Gasteiger charge is -2.08. The summed E-state index contributed by atoms with van der Waals surface area (Å²) in [6.07, 6.45) is 10.2. The molecule has 3 aromatic carbocycles. The minimum Gasteiger partial charge on any atom is -0.497 e. The molecule has 7 heterocycles. The molecule has 8 aromatic rings. The molecule has 9 heteroatoms. The third-order valence-corrected chi connectivity index (χ3v) is 10.6. The van der Waals surface area contributed by atoms with Gasteiger partial charge >= 0.3 is 0 Å². The van der Waals surface area contributed by atoms with Crippen LogP contribution in [0.2, 0.25) is 0 Å². The number of rotatable bonds is 7. The monoisotopic (exact) mass is 744 g/mol. The highest BCUT2D eigenvalue weighted by molar-refractivity contribution is 6.00. The number of methoxy groups -OCH3 is 3. The van der Waals surface area contributed by atoms with Crippen LogP contribution in [0.5, 0.6) is 17.2 Å². The lowest BCUT2D eigenvalue weighted by atomic mass is 10.0. The number of pyridine rings is 1. The van der Waals surface area contributed by atoms with Gasteiger partial charge in [-0.15, -0.1) is 0 Å². The molecule has 2 aliphatic rings. The van der Waals surface area contributed by atoms with Crippen LogP contribution >= 0.6 is 0 Å². The Kier molecular flexibility index (Phi) is 8.26. The van der Waals surface area contributed by atoms with Gasteiger partial charge in [0.2, 0.25) is 0 Å². The average Bonchev–Trinajstić information content (AvgIpc) is 4.12. The van der Waals surface area contributed by atoms with Crippen molar-refractivity contribution in [1.82, 2.24) is 29.9 Å². The van der Waals surface area contributed by atoms with Crippen LogP contribution in [0.3, 0.4) is 0 Å². The van der Waals surface area contributed by atoms with Gasteiger partial charge in [0.05, 0.1) is 55.3 Å². The van der Waals surface area contributed by atoms with Crippen molar-refractivity contribution in [2.75, 3.05) is 21.3 Å². The quantitative estimate of drug-likeness (QED) is 0.150. The molecule has 10 rings (SSSR count). The largest absolute Gasteiger partial charge is 0.497 e. The molecule has 0 atom stereocenters. The molecule has 8 bridgehead atoms. The average molecular weight is 745 g/mol. The number of fused-ring (bicyclic) bond motifs is 9. The van der Waals surface area contributed by atoms with Crippen LogP contribution in [0.25, 0.3) is 102 Å². The Morgan fingerprint density at radius 2 is 0.807 bits per heavy atom. The molecule has 2 aliphatic heterocycles. The molecule has 57 heavy (non-hydrogen) atoms. The number of benzene rings is 3. The van der Waals surface area contributed by atoms with Gasteiger partial charge in [-0.25, -0.2) is 15.0 Å².